The van der Waals surface area contributed by atoms with Gasteiger partial charge in [0, 0.05) is 12.3 Å². The van der Waals surface area contributed by atoms with Gasteiger partial charge in [-0.25, -0.2) is 0 Å². The summed E-state index contributed by atoms with van der Waals surface area (Å²) in [5, 5.41) is 0. The third-order valence-electron chi connectivity index (χ3n) is 2.56. The number of rotatable bonds is 0. The minimum atomic E-state index is 0.462. The average Bonchev–Trinajstić information content (AvgIpc) is 2.25. The summed E-state index contributed by atoms with van der Waals surface area (Å²) >= 11 is 0. The molecule has 1 heteroatoms. The molecule has 0 N–H and O–H groups in total. The van der Waals surface area contributed by atoms with E-state index in [0.29, 0.717) is 5.78 Å². The van der Waals surface area contributed by atoms with E-state index < -0.39 is 0 Å². The Hall–Kier alpha value is -0.330. The molecule has 1 atom stereocenters. The molecule has 2 aliphatic rings. The van der Waals surface area contributed by atoms with Crippen molar-refractivity contribution in [1.29, 1.82) is 0 Å². The number of carbonyl (C=O) groups is 1. The SMILES string of the molecule is O=C1CCC2CC[C]1C2. The highest BCUT2D eigenvalue weighted by Gasteiger charge is 2.34. The zero-order valence-electron chi connectivity index (χ0n) is 5.52. The van der Waals surface area contributed by atoms with Gasteiger partial charge in [-0.15, -0.1) is 0 Å². The second-order valence-electron chi connectivity index (χ2n) is 3.17. The van der Waals surface area contributed by atoms with Gasteiger partial charge in [0.2, 0.25) is 0 Å². The highest BCUT2D eigenvalue weighted by Crippen LogP contribution is 2.40. The zero-order chi connectivity index (χ0) is 6.27. The van der Waals surface area contributed by atoms with Crippen LogP contribution in [0.4, 0.5) is 0 Å². The molecule has 0 aliphatic heterocycles. The van der Waals surface area contributed by atoms with E-state index in [4.69, 9.17) is 0 Å². The third-order valence-corrected chi connectivity index (χ3v) is 2.56. The number of hydrogen-bond donors (Lipinski definition) is 0. The second kappa shape index (κ2) is 1.83. The van der Waals surface area contributed by atoms with Gasteiger partial charge in [0.1, 0.15) is 5.78 Å². The summed E-state index contributed by atoms with van der Waals surface area (Å²) in [6.07, 6.45) is 5.56. The fraction of sp³-hybridized carbons (Fsp3) is 0.750. The van der Waals surface area contributed by atoms with Crippen LogP contribution in [0, 0.1) is 11.8 Å². The Labute approximate surface area is 55.4 Å². The molecule has 2 saturated carbocycles. The van der Waals surface area contributed by atoms with Crippen molar-refractivity contribution in [2.75, 3.05) is 0 Å². The quantitative estimate of drug-likeness (QED) is 0.479. The number of ketones is 1. The normalized spacial score (nSPS) is 35.6. The molecule has 0 saturated heterocycles. The maximum Gasteiger partial charge on any atom is 0.140 e. The van der Waals surface area contributed by atoms with Gasteiger partial charge < -0.3 is 0 Å². The van der Waals surface area contributed by atoms with Crippen molar-refractivity contribution in [3.8, 4) is 0 Å². The molecule has 49 valence electrons. The first-order valence-electron chi connectivity index (χ1n) is 3.74. The van der Waals surface area contributed by atoms with Gasteiger partial charge in [0.05, 0.1) is 0 Å². The van der Waals surface area contributed by atoms with Crippen molar-refractivity contribution in [2.45, 2.75) is 32.1 Å². The van der Waals surface area contributed by atoms with Gasteiger partial charge in [-0.1, -0.05) is 0 Å². The van der Waals surface area contributed by atoms with Crippen LogP contribution in [-0.4, -0.2) is 5.78 Å². The Balaban J connectivity index is 2.14. The monoisotopic (exact) mass is 123 g/mol. The maximum atomic E-state index is 11.0. The largest absolute Gasteiger partial charge is 0.299 e. The highest BCUT2D eigenvalue weighted by molar-refractivity contribution is 5.93. The van der Waals surface area contributed by atoms with Crippen molar-refractivity contribution < 1.29 is 4.79 Å². The Morgan fingerprint density at radius 1 is 1.22 bits per heavy atom. The molecule has 2 rings (SSSR count). The number of fused-ring (bicyclic) bond motifs is 2. The summed E-state index contributed by atoms with van der Waals surface area (Å²) in [7, 11) is 0. The summed E-state index contributed by atoms with van der Waals surface area (Å²) in [5.41, 5.74) is 0. The average molecular weight is 123 g/mol. The molecule has 2 bridgehead atoms. The van der Waals surface area contributed by atoms with Crippen LogP contribution in [0.15, 0.2) is 0 Å². The van der Waals surface area contributed by atoms with Gasteiger partial charge in [0.25, 0.3) is 0 Å². The van der Waals surface area contributed by atoms with E-state index in [-0.39, 0.29) is 0 Å². The van der Waals surface area contributed by atoms with E-state index in [1.807, 2.05) is 0 Å². The van der Waals surface area contributed by atoms with Crippen LogP contribution in [0.2, 0.25) is 0 Å². The molecular formula is C8H11O. The fourth-order valence-electron chi connectivity index (χ4n) is 1.94. The molecule has 0 aromatic rings. The van der Waals surface area contributed by atoms with E-state index in [1.165, 1.54) is 18.8 Å². The van der Waals surface area contributed by atoms with E-state index >= 15 is 0 Å². The Morgan fingerprint density at radius 2 is 2.00 bits per heavy atom. The van der Waals surface area contributed by atoms with E-state index in [1.54, 1.807) is 0 Å². The fourth-order valence-corrected chi connectivity index (χ4v) is 1.94. The first kappa shape index (κ1) is 5.45. The van der Waals surface area contributed by atoms with Crippen LogP contribution >= 0.6 is 0 Å². The van der Waals surface area contributed by atoms with Crippen LogP contribution in [0.25, 0.3) is 0 Å². The Morgan fingerprint density at radius 3 is 2.78 bits per heavy atom. The molecule has 1 radical (unpaired) electrons. The number of hydrogen-bond acceptors (Lipinski definition) is 1. The molecule has 0 heterocycles. The summed E-state index contributed by atoms with van der Waals surface area (Å²) in [6, 6.07) is 0. The third kappa shape index (κ3) is 0.790. The highest BCUT2D eigenvalue weighted by atomic mass is 16.1. The molecule has 0 spiro atoms. The summed E-state index contributed by atoms with van der Waals surface area (Å²) in [5.74, 6) is 2.59. The lowest BCUT2D eigenvalue weighted by Gasteiger charge is -2.15. The Bertz CT molecular complexity index is 140. The lowest BCUT2D eigenvalue weighted by Crippen LogP contribution is -2.14. The van der Waals surface area contributed by atoms with Gasteiger partial charge in [-0.2, -0.15) is 0 Å². The predicted molar refractivity (Wildman–Crippen MR) is 34.8 cm³/mol. The predicted octanol–water partition coefficient (Wildman–Crippen LogP) is 1.72. The maximum absolute atomic E-state index is 11.0. The Kier molecular flexibility index (Phi) is 1.11. The number of carbonyl (C=O) groups excluding carboxylic acids is 1. The van der Waals surface area contributed by atoms with Gasteiger partial charge in [-0.05, 0) is 31.6 Å². The second-order valence-corrected chi connectivity index (χ2v) is 3.17. The lowest BCUT2D eigenvalue weighted by molar-refractivity contribution is -0.118. The molecule has 0 aromatic heterocycles. The molecule has 2 fully saturated rings. The van der Waals surface area contributed by atoms with Gasteiger partial charge in [-0.3, -0.25) is 4.79 Å². The minimum absolute atomic E-state index is 0.462. The van der Waals surface area contributed by atoms with Gasteiger partial charge in [0.15, 0.2) is 0 Å². The minimum Gasteiger partial charge on any atom is -0.299 e. The number of Topliss-reactive ketones (excluding diaryl/α,β-unsaturated/α-hetero) is 1. The van der Waals surface area contributed by atoms with Gasteiger partial charge >= 0.3 is 0 Å². The molecular weight excluding hydrogens is 112 g/mol. The molecule has 0 amide bonds. The topological polar surface area (TPSA) is 17.1 Å². The molecule has 1 nitrogen and oxygen atoms in total. The van der Waals surface area contributed by atoms with E-state index in [0.717, 1.165) is 25.2 Å². The van der Waals surface area contributed by atoms with Crippen LogP contribution in [0.1, 0.15) is 32.1 Å². The van der Waals surface area contributed by atoms with Crippen molar-refractivity contribution >= 4 is 5.78 Å². The van der Waals surface area contributed by atoms with E-state index in [2.05, 4.69) is 0 Å². The van der Waals surface area contributed by atoms with Crippen molar-refractivity contribution in [2.24, 2.45) is 5.92 Å². The molecule has 0 aromatic carbocycles. The van der Waals surface area contributed by atoms with Crippen LogP contribution in [0.5, 0.6) is 0 Å². The van der Waals surface area contributed by atoms with Crippen molar-refractivity contribution in [3.63, 3.8) is 0 Å². The van der Waals surface area contributed by atoms with Crippen LogP contribution in [0.3, 0.4) is 0 Å². The van der Waals surface area contributed by atoms with Crippen molar-refractivity contribution in [3.05, 3.63) is 5.92 Å². The first-order chi connectivity index (χ1) is 4.36. The summed E-state index contributed by atoms with van der Waals surface area (Å²) in [6.45, 7) is 0. The van der Waals surface area contributed by atoms with Crippen LogP contribution in [-0.2, 0) is 4.79 Å². The standard InChI is InChI=1S/C8H11O/c9-8-4-2-6-1-3-7(8)5-6/h6H,1-5H2. The summed E-state index contributed by atoms with van der Waals surface area (Å²) < 4.78 is 0. The first-order valence-corrected chi connectivity index (χ1v) is 3.74. The van der Waals surface area contributed by atoms with E-state index in [9.17, 15) is 4.79 Å². The van der Waals surface area contributed by atoms with Crippen LogP contribution < -0.4 is 0 Å². The molecule has 2 aliphatic carbocycles. The zero-order valence-corrected chi connectivity index (χ0v) is 5.52. The smallest absolute Gasteiger partial charge is 0.140 e. The molecule has 9 heavy (non-hydrogen) atoms. The molecule has 1 unspecified atom stereocenters. The lowest BCUT2D eigenvalue weighted by atomic mass is 9.88. The summed E-state index contributed by atoms with van der Waals surface area (Å²) in [4.78, 5) is 11.0. The van der Waals surface area contributed by atoms with Crippen molar-refractivity contribution in [1.82, 2.24) is 0 Å².